The van der Waals surface area contributed by atoms with Crippen LogP contribution in [0.4, 0.5) is 10.5 Å². The van der Waals surface area contributed by atoms with Crippen LogP contribution >= 0.6 is 0 Å². The number of aryl methyl sites for hydroxylation is 1. The van der Waals surface area contributed by atoms with Gasteiger partial charge in [0.2, 0.25) is 0 Å². The van der Waals surface area contributed by atoms with Crippen molar-refractivity contribution in [1.29, 1.82) is 0 Å². The second kappa shape index (κ2) is 7.67. The minimum atomic E-state index is -0.150. The van der Waals surface area contributed by atoms with Crippen molar-refractivity contribution in [1.82, 2.24) is 14.7 Å². The van der Waals surface area contributed by atoms with Gasteiger partial charge in [0, 0.05) is 25.8 Å². The predicted octanol–water partition coefficient (Wildman–Crippen LogP) is 3.01. The smallest absolute Gasteiger partial charge is 0.321 e. The number of rotatable bonds is 6. The number of carbonyl (C=O) groups excluding carboxylic acids is 1. The van der Waals surface area contributed by atoms with Crippen LogP contribution in [0.15, 0.2) is 36.7 Å². The van der Waals surface area contributed by atoms with Crippen LogP contribution in [-0.2, 0) is 13.0 Å². The monoisotopic (exact) mass is 316 g/mol. The Labute approximate surface area is 137 Å². The molecule has 1 aromatic heterocycles. The Kier molecular flexibility index (Phi) is 5.62. The summed E-state index contributed by atoms with van der Waals surface area (Å²) in [5, 5.41) is 7.01. The summed E-state index contributed by atoms with van der Waals surface area (Å²) in [5.74, 6) is 0.845. The van der Waals surface area contributed by atoms with Crippen molar-refractivity contribution in [3.63, 3.8) is 0 Å². The van der Waals surface area contributed by atoms with Crippen LogP contribution in [0.25, 0.3) is 0 Å². The number of likely N-dealkylation sites (N-methyl/N-ethyl adjacent to an activating group) is 1. The van der Waals surface area contributed by atoms with Gasteiger partial charge in [0.15, 0.2) is 0 Å². The second-order valence-electron chi connectivity index (χ2n) is 5.49. The van der Waals surface area contributed by atoms with Gasteiger partial charge < -0.3 is 15.0 Å². The van der Waals surface area contributed by atoms with Gasteiger partial charge in [-0.1, -0.05) is 18.2 Å². The summed E-state index contributed by atoms with van der Waals surface area (Å²) in [6.45, 7) is 4.79. The fourth-order valence-corrected chi connectivity index (χ4v) is 2.34. The van der Waals surface area contributed by atoms with Crippen LogP contribution in [0, 0.1) is 0 Å². The maximum absolute atomic E-state index is 12.3. The van der Waals surface area contributed by atoms with Crippen LogP contribution in [-0.4, -0.2) is 40.9 Å². The lowest BCUT2D eigenvalue weighted by atomic mass is 10.1. The number of hydrogen-bond acceptors (Lipinski definition) is 3. The molecular formula is C17H24N4O2. The number of amides is 2. The Morgan fingerprint density at radius 1 is 1.43 bits per heavy atom. The van der Waals surface area contributed by atoms with E-state index in [4.69, 9.17) is 4.74 Å². The van der Waals surface area contributed by atoms with Crippen LogP contribution in [0.2, 0.25) is 0 Å². The average molecular weight is 316 g/mol. The number of ether oxygens (including phenoxy) is 1. The summed E-state index contributed by atoms with van der Waals surface area (Å²) in [7, 11) is 3.45. The number of nitrogens with zero attached hydrogens (tertiary/aromatic N) is 3. The highest BCUT2D eigenvalue weighted by atomic mass is 16.5. The van der Waals surface area contributed by atoms with Gasteiger partial charge in [0.05, 0.1) is 19.0 Å². The Morgan fingerprint density at radius 2 is 2.17 bits per heavy atom. The normalized spacial score (nSPS) is 11.8. The quantitative estimate of drug-likeness (QED) is 0.891. The van der Waals surface area contributed by atoms with Crippen molar-refractivity contribution in [2.75, 3.05) is 19.5 Å². The zero-order valence-electron chi connectivity index (χ0n) is 14.1. The fourth-order valence-electron chi connectivity index (χ4n) is 2.34. The minimum absolute atomic E-state index is 0.0347. The van der Waals surface area contributed by atoms with Crippen molar-refractivity contribution in [3.8, 4) is 5.75 Å². The summed E-state index contributed by atoms with van der Waals surface area (Å²) in [6.07, 6.45) is 4.19. The minimum Gasteiger partial charge on any atom is -0.496 e. The lowest BCUT2D eigenvalue weighted by molar-refractivity contribution is 0.207. The molecule has 0 aliphatic carbocycles. The number of methoxy groups -OCH3 is 1. The van der Waals surface area contributed by atoms with Crippen molar-refractivity contribution in [3.05, 3.63) is 42.2 Å². The first-order chi connectivity index (χ1) is 11.0. The van der Waals surface area contributed by atoms with E-state index < -0.39 is 0 Å². The Balaban J connectivity index is 1.98. The molecule has 0 saturated heterocycles. The SMILES string of the molecule is CCn1cc(NC(=O)N(C)[C@H](C)Cc2ccccc2OC)cn1. The first-order valence-electron chi connectivity index (χ1n) is 7.73. The highest BCUT2D eigenvalue weighted by Gasteiger charge is 2.18. The van der Waals surface area contributed by atoms with Crippen LogP contribution in [0.1, 0.15) is 19.4 Å². The highest BCUT2D eigenvalue weighted by Crippen LogP contribution is 2.20. The summed E-state index contributed by atoms with van der Waals surface area (Å²) < 4.78 is 7.14. The molecule has 1 atom stereocenters. The highest BCUT2D eigenvalue weighted by molar-refractivity contribution is 5.89. The number of carbonyl (C=O) groups is 1. The molecule has 0 aliphatic rings. The molecule has 0 spiro atoms. The molecule has 1 aromatic carbocycles. The number of urea groups is 1. The molecule has 1 heterocycles. The Bertz CT molecular complexity index is 654. The van der Waals surface area contributed by atoms with Gasteiger partial charge >= 0.3 is 6.03 Å². The average Bonchev–Trinajstić information content (AvgIpc) is 3.02. The van der Waals surface area contributed by atoms with E-state index in [1.54, 1.807) is 29.9 Å². The van der Waals surface area contributed by atoms with E-state index >= 15 is 0 Å². The van der Waals surface area contributed by atoms with Gasteiger partial charge in [-0.25, -0.2) is 4.79 Å². The third kappa shape index (κ3) is 4.25. The maximum atomic E-state index is 12.3. The number of nitrogens with one attached hydrogen (secondary N) is 1. The summed E-state index contributed by atoms with van der Waals surface area (Å²) in [5.41, 5.74) is 1.79. The summed E-state index contributed by atoms with van der Waals surface area (Å²) in [6, 6.07) is 7.75. The largest absolute Gasteiger partial charge is 0.496 e. The number of hydrogen-bond donors (Lipinski definition) is 1. The van der Waals surface area contributed by atoms with Crippen molar-refractivity contribution in [2.45, 2.75) is 32.9 Å². The second-order valence-corrected chi connectivity index (χ2v) is 5.49. The van der Waals surface area contributed by atoms with E-state index in [-0.39, 0.29) is 12.1 Å². The molecule has 0 aliphatic heterocycles. The lowest BCUT2D eigenvalue weighted by Crippen LogP contribution is -2.39. The molecule has 23 heavy (non-hydrogen) atoms. The van der Waals surface area contributed by atoms with E-state index in [0.29, 0.717) is 5.69 Å². The number of anilines is 1. The molecular weight excluding hydrogens is 292 g/mol. The number of aromatic nitrogens is 2. The summed E-state index contributed by atoms with van der Waals surface area (Å²) in [4.78, 5) is 14.0. The van der Waals surface area contributed by atoms with E-state index in [1.165, 1.54) is 0 Å². The van der Waals surface area contributed by atoms with Crippen molar-refractivity contribution < 1.29 is 9.53 Å². The van der Waals surface area contributed by atoms with Crippen LogP contribution in [0.3, 0.4) is 0 Å². The van der Waals surface area contributed by atoms with Crippen molar-refractivity contribution >= 4 is 11.7 Å². The molecule has 124 valence electrons. The molecule has 6 nitrogen and oxygen atoms in total. The molecule has 0 fully saturated rings. The third-order valence-electron chi connectivity index (χ3n) is 3.90. The van der Waals surface area contributed by atoms with Gasteiger partial charge in [0.25, 0.3) is 0 Å². The standard InChI is InChI=1S/C17H24N4O2/c1-5-21-12-15(11-18-21)19-17(22)20(3)13(2)10-14-8-6-7-9-16(14)23-4/h6-9,11-13H,5,10H2,1-4H3,(H,19,22)/t13-/m1/s1. The summed E-state index contributed by atoms with van der Waals surface area (Å²) >= 11 is 0. The van der Waals surface area contributed by atoms with E-state index in [1.807, 2.05) is 44.3 Å². The van der Waals surface area contributed by atoms with Gasteiger partial charge in [-0.2, -0.15) is 5.10 Å². The van der Waals surface area contributed by atoms with Gasteiger partial charge in [-0.15, -0.1) is 0 Å². The number of benzene rings is 1. The Morgan fingerprint density at radius 3 is 2.83 bits per heavy atom. The molecule has 2 amide bonds. The van der Waals surface area contributed by atoms with Gasteiger partial charge in [-0.3, -0.25) is 4.68 Å². The fraction of sp³-hybridized carbons (Fsp3) is 0.412. The zero-order chi connectivity index (χ0) is 16.8. The maximum Gasteiger partial charge on any atom is 0.321 e. The predicted molar refractivity (Wildman–Crippen MR) is 90.8 cm³/mol. The molecule has 0 radical (unpaired) electrons. The molecule has 6 heteroatoms. The zero-order valence-corrected chi connectivity index (χ0v) is 14.1. The molecule has 2 aromatic rings. The number of para-hydroxylation sites is 1. The van der Waals surface area contributed by atoms with Crippen LogP contribution in [0.5, 0.6) is 5.75 Å². The van der Waals surface area contributed by atoms with E-state index in [9.17, 15) is 4.79 Å². The third-order valence-corrected chi connectivity index (χ3v) is 3.90. The first kappa shape index (κ1) is 16.9. The van der Waals surface area contributed by atoms with Gasteiger partial charge in [-0.05, 0) is 31.9 Å². The molecule has 0 bridgehead atoms. The first-order valence-corrected chi connectivity index (χ1v) is 7.73. The lowest BCUT2D eigenvalue weighted by Gasteiger charge is -2.25. The molecule has 0 saturated carbocycles. The topological polar surface area (TPSA) is 59.4 Å². The van der Waals surface area contributed by atoms with Gasteiger partial charge in [0.1, 0.15) is 5.75 Å². The van der Waals surface area contributed by atoms with Crippen LogP contribution < -0.4 is 10.1 Å². The van der Waals surface area contributed by atoms with E-state index in [2.05, 4.69) is 10.4 Å². The Hall–Kier alpha value is -2.50. The van der Waals surface area contributed by atoms with Crippen molar-refractivity contribution in [2.24, 2.45) is 0 Å². The molecule has 2 rings (SSSR count). The molecule has 0 unspecified atom stereocenters. The van der Waals surface area contributed by atoms with E-state index in [0.717, 1.165) is 24.3 Å². The molecule has 1 N–H and O–H groups in total.